The number of rotatable bonds is 5. The Hall–Kier alpha value is -2.22. The first-order valence-corrected chi connectivity index (χ1v) is 7.25. The molecule has 0 bridgehead atoms. The van der Waals surface area contributed by atoms with Gasteiger partial charge in [-0.05, 0) is 36.4 Å². The van der Waals surface area contributed by atoms with Gasteiger partial charge in [0.1, 0.15) is 5.75 Å². The van der Waals surface area contributed by atoms with Crippen molar-refractivity contribution in [2.24, 2.45) is 0 Å². The lowest BCUT2D eigenvalue weighted by molar-refractivity contribution is -0.137. The number of alkyl halides is 3. The maximum absolute atomic E-state index is 12.8. The number of hydrogen-bond donors (Lipinski definition) is 2. The molecule has 2 rings (SSSR count). The van der Waals surface area contributed by atoms with E-state index in [9.17, 15) is 18.0 Å². The number of amides is 1. The van der Waals surface area contributed by atoms with E-state index >= 15 is 0 Å². The van der Waals surface area contributed by atoms with Crippen LogP contribution < -0.4 is 15.6 Å². The van der Waals surface area contributed by atoms with E-state index < -0.39 is 17.6 Å². The highest BCUT2D eigenvalue weighted by Gasteiger charge is 2.33. The van der Waals surface area contributed by atoms with Crippen molar-refractivity contribution >= 4 is 27.5 Å². The molecule has 2 aromatic rings. The van der Waals surface area contributed by atoms with E-state index in [1.807, 2.05) is 0 Å². The third-order valence-corrected chi connectivity index (χ3v) is 3.28. The molecule has 0 atom stereocenters. The standard InChI is InChI=1S/C15H12BrF3N2O2/c16-10-5-7-11(8-6-10)23-9-14(22)21-20-13-4-2-1-3-12(13)15(17,18)19/h1-8,20H,9H2,(H,21,22). The molecule has 1 amide bonds. The molecular weight excluding hydrogens is 377 g/mol. The molecule has 2 aromatic carbocycles. The van der Waals surface area contributed by atoms with E-state index in [2.05, 4.69) is 26.8 Å². The largest absolute Gasteiger partial charge is 0.484 e. The van der Waals surface area contributed by atoms with Crippen LogP contribution in [0.15, 0.2) is 53.0 Å². The Morgan fingerprint density at radius 2 is 1.74 bits per heavy atom. The lowest BCUT2D eigenvalue weighted by Crippen LogP contribution is -2.34. The summed E-state index contributed by atoms with van der Waals surface area (Å²) < 4.78 is 44.5. The van der Waals surface area contributed by atoms with Crippen molar-refractivity contribution < 1.29 is 22.7 Å². The Kier molecular flexibility index (Phi) is 5.49. The van der Waals surface area contributed by atoms with Crippen molar-refractivity contribution in [2.45, 2.75) is 6.18 Å². The van der Waals surface area contributed by atoms with Crippen LogP contribution in [0.25, 0.3) is 0 Å². The first kappa shape index (κ1) is 17.1. The molecule has 0 saturated carbocycles. The molecule has 0 spiro atoms. The second kappa shape index (κ2) is 7.36. The molecule has 0 aliphatic rings. The van der Waals surface area contributed by atoms with Gasteiger partial charge in [0.05, 0.1) is 11.3 Å². The number of anilines is 1. The predicted molar refractivity (Wildman–Crippen MR) is 82.8 cm³/mol. The molecule has 0 unspecified atom stereocenters. The van der Waals surface area contributed by atoms with E-state index in [1.165, 1.54) is 18.2 Å². The van der Waals surface area contributed by atoms with Crippen molar-refractivity contribution in [2.75, 3.05) is 12.0 Å². The fourth-order valence-electron chi connectivity index (χ4n) is 1.69. The van der Waals surface area contributed by atoms with Crippen LogP contribution in [-0.4, -0.2) is 12.5 Å². The van der Waals surface area contributed by atoms with Crippen LogP contribution in [0.2, 0.25) is 0 Å². The first-order valence-electron chi connectivity index (χ1n) is 6.46. The minimum atomic E-state index is -4.51. The van der Waals surface area contributed by atoms with Gasteiger partial charge in [-0.1, -0.05) is 28.1 Å². The zero-order chi connectivity index (χ0) is 16.9. The van der Waals surface area contributed by atoms with Gasteiger partial charge < -0.3 is 4.74 Å². The Bertz CT molecular complexity index is 675. The van der Waals surface area contributed by atoms with Gasteiger partial charge >= 0.3 is 6.18 Å². The van der Waals surface area contributed by atoms with Crippen LogP contribution in [0.3, 0.4) is 0 Å². The summed E-state index contributed by atoms with van der Waals surface area (Å²) in [4.78, 5) is 11.6. The normalized spacial score (nSPS) is 11.0. The number of nitrogens with one attached hydrogen (secondary N) is 2. The summed E-state index contributed by atoms with van der Waals surface area (Å²) in [5, 5.41) is 0. The topological polar surface area (TPSA) is 50.4 Å². The number of benzene rings is 2. The molecule has 2 N–H and O–H groups in total. The smallest absolute Gasteiger partial charge is 0.418 e. The Morgan fingerprint density at radius 3 is 2.39 bits per heavy atom. The molecule has 0 heterocycles. The van der Waals surface area contributed by atoms with E-state index in [4.69, 9.17) is 4.74 Å². The van der Waals surface area contributed by atoms with Crippen LogP contribution in [0, 0.1) is 0 Å². The molecule has 0 aliphatic heterocycles. The zero-order valence-corrected chi connectivity index (χ0v) is 13.2. The maximum atomic E-state index is 12.8. The van der Waals surface area contributed by atoms with E-state index in [-0.39, 0.29) is 12.3 Å². The number of hydrazine groups is 1. The lowest BCUT2D eigenvalue weighted by Gasteiger charge is -2.15. The summed E-state index contributed by atoms with van der Waals surface area (Å²) in [6.45, 7) is -0.331. The number of hydrogen-bond acceptors (Lipinski definition) is 3. The van der Waals surface area contributed by atoms with E-state index in [0.29, 0.717) is 5.75 Å². The predicted octanol–water partition coefficient (Wildman–Crippen LogP) is 3.99. The lowest BCUT2D eigenvalue weighted by atomic mass is 10.2. The molecule has 4 nitrogen and oxygen atoms in total. The molecule has 0 fully saturated rings. The summed E-state index contributed by atoms with van der Waals surface area (Å²) in [7, 11) is 0. The molecule has 0 saturated heterocycles. The van der Waals surface area contributed by atoms with Crippen molar-refractivity contribution in [3.05, 3.63) is 58.6 Å². The molecule has 0 radical (unpaired) electrons. The molecule has 0 aliphatic carbocycles. The third-order valence-electron chi connectivity index (χ3n) is 2.75. The van der Waals surface area contributed by atoms with Crippen molar-refractivity contribution in [1.29, 1.82) is 0 Å². The van der Waals surface area contributed by atoms with Crippen LogP contribution in [-0.2, 0) is 11.0 Å². The molecule has 122 valence electrons. The van der Waals surface area contributed by atoms with Crippen molar-refractivity contribution in [1.82, 2.24) is 5.43 Å². The summed E-state index contributed by atoms with van der Waals surface area (Å²) in [5.41, 5.74) is 3.32. The fourth-order valence-corrected chi connectivity index (χ4v) is 1.96. The van der Waals surface area contributed by atoms with E-state index in [0.717, 1.165) is 10.5 Å². The highest BCUT2D eigenvalue weighted by molar-refractivity contribution is 9.10. The van der Waals surface area contributed by atoms with Gasteiger partial charge in [-0.2, -0.15) is 13.2 Å². The van der Waals surface area contributed by atoms with Gasteiger partial charge in [-0.3, -0.25) is 15.6 Å². The third kappa shape index (κ3) is 5.17. The summed E-state index contributed by atoms with van der Waals surface area (Å²) in [6, 6.07) is 11.6. The molecule has 8 heteroatoms. The van der Waals surface area contributed by atoms with Crippen LogP contribution in [0.4, 0.5) is 18.9 Å². The molecule has 23 heavy (non-hydrogen) atoms. The van der Waals surface area contributed by atoms with E-state index in [1.54, 1.807) is 24.3 Å². The van der Waals surface area contributed by atoms with Gasteiger partial charge in [0.2, 0.25) is 0 Å². The van der Waals surface area contributed by atoms with Gasteiger partial charge in [0.15, 0.2) is 6.61 Å². The van der Waals surface area contributed by atoms with Gasteiger partial charge in [-0.25, -0.2) is 0 Å². The average molecular weight is 389 g/mol. The Labute approximate surface area is 138 Å². The zero-order valence-electron chi connectivity index (χ0n) is 11.7. The summed E-state index contributed by atoms with van der Waals surface area (Å²) in [5.74, 6) is -0.135. The number of halogens is 4. The SMILES string of the molecule is O=C(COc1ccc(Br)cc1)NNc1ccccc1C(F)(F)F. The maximum Gasteiger partial charge on any atom is 0.418 e. The van der Waals surface area contributed by atoms with Crippen LogP contribution in [0.1, 0.15) is 5.56 Å². The minimum Gasteiger partial charge on any atom is -0.484 e. The summed E-state index contributed by atoms with van der Waals surface area (Å²) in [6.07, 6.45) is -4.51. The molecular formula is C15H12BrF3N2O2. The van der Waals surface area contributed by atoms with Crippen LogP contribution >= 0.6 is 15.9 Å². The highest BCUT2D eigenvalue weighted by atomic mass is 79.9. The second-order valence-electron chi connectivity index (χ2n) is 4.46. The van der Waals surface area contributed by atoms with Gasteiger partial charge in [-0.15, -0.1) is 0 Å². The average Bonchev–Trinajstić information content (AvgIpc) is 2.52. The Balaban J connectivity index is 1.89. The number of ether oxygens (including phenoxy) is 1. The highest BCUT2D eigenvalue weighted by Crippen LogP contribution is 2.34. The first-order chi connectivity index (χ1) is 10.9. The van der Waals surface area contributed by atoms with Gasteiger partial charge in [0.25, 0.3) is 5.91 Å². The molecule has 0 aromatic heterocycles. The van der Waals surface area contributed by atoms with Crippen LogP contribution in [0.5, 0.6) is 5.75 Å². The number of carbonyl (C=O) groups excluding carboxylic acids is 1. The fraction of sp³-hybridized carbons (Fsp3) is 0.133. The van der Waals surface area contributed by atoms with Crippen molar-refractivity contribution in [3.8, 4) is 5.75 Å². The second-order valence-corrected chi connectivity index (χ2v) is 5.37. The number of para-hydroxylation sites is 1. The van der Waals surface area contributed by atoms with Gasteiger partial charge in [0, 0.05) is 4.47 Å². The quantitative estimate of drug-likeness (QED) is 0.761. The monoisotopic (exact) mass is 388 g/mol. The summed E-state index contributed by atoms with van der Waals surface area (Å²) >= 11 is 3.26. The minimum absolute atomic E-state index is 0.239. The van der Waals surface area contributed by atoms with Crippen molar-refractivity contribution in [3.63, 3.8) is 0 Å². The Morgan fingerprint density at radius 1 is 1.09 bits per heavy atom. The number of carbonyl (C=O) groups is 1.